The van der Waals surface area contributed by atoms with Crippen molar-refractivity contribution >= 4 is 23.0 Å². The van der Waals surface area contributed by atoms with Gasteiger partial charge in [0.15, 0.2) is 0 Å². The fourth-order valence-corrected chi connectivity index (χ4v) is 1.99. The van der Waals surface area contributed by atoms with Crippen LogP contribution in [0.15, 0.2) is 0 Å². The summed E-state index contributed by atoms with van der Waals surface area (Å²) in [6, 6.07) is 0. The van der Waals surface area contributed by atoms with Crippen LogP contribution >= 0.6 is 11.6 Å². The van der Waals surface area contributed by atoms with Crippen LogP contribution in [-0.2, 0) is 0 Å². The number of benzene rings is 1. The van der Waals surface area contributed by atoms with E-state index in [-0.39, 0.29) is 5.88 Å². The van der Waals surface area contributed by atoms with E-state index in [0.717, 1.165) is 33.6 Å². The number of nitrogens with two attached hydrogens (primary N) is 1. The Labute approximate surface area is 108 Å². The van der Waals surface area contributed by atoms with Gasteiger partial charge in [-0.25, -0.2) is 0 Å². The molecule has 0 aliphatic heterocycles. The summed E-state index contributed by atoms with van der Waals surface area (Å²) in [5.74, 6) is 0.234. The molecule has 0 radical (unpaired) electrons. The van der Waals surface area contributed by atoms with Crippen LogP contribution in [0.25, 0.3) is 0 Å². The molecule has 1 rings (SSSR count). The zero-order chi connectivity index (χ0) is 13.2. The molecule has 0 bridgehead atoms. The van der Waals surface area contributed by atoms with Gasteiger partial charge in [-0.15, -0.1) is 11.6 Å². The number of nitrogens with one attached hydrogen (secondary N) is 1. The van der Waals surface area contributed by atoms with Gasteiger partial charge in [0.2, 0.25) is 0 Å². The van der Waals surface area contributed by atoms with Crippen LogP contribution in [0.1, 0.15) is 22.3 Å². The van der Waals surface area contributed by atoms with E-state index in [0.29, 0.717) is 6.54 Å². The average Bonchev–Trinajstić information content (AvgIpc) is 2.33. The first-order chi connectivity index (χ1) is 7.90. The Bertz CT molecular complexity index is 389. The van der Waals surface area contributed by atoms with Gasteiger partial charge >= 0.3 is 0 Å². The minimum atomic E-state index is -0.534. The van der Waals surface area contributed by atoms with Crippen molar-refractivity contribution in [2.45, 2.75) is 33.8 Å². The number of hydrogen-bond donors (Lipinski definition) is 3. The zero-order valence-electron chi connectivity index (χ0n) is 10.9. The number of hydrogen-bond acceptors (Lipinski definition) is 3. The summed E-state index contributed by atoms with van der Waals surface area (Å²) < 4.78 is 0. The van der Waals surface area contributed by atoms with E-state index in [1.165, 1.54) is 0 Å². The summed E-state index contributed by atoms with van der Waals surface area (Å²) in [6.07, 6.45) is -0.534. The first-order valence-corrected chi connectivity index (χ1v) is 6.27. The maximum Gasteiger partial charge on any atom is 0.0847 e. The fraction of sp³-hybridized carbons (Fsp3) is 0.538. The van der Waals surface area contributed by atoms with Gasteiger partial charge in [-0.2, -0.15) is 0 Å². The van der Waals surface area contributed by atoms with Gasteiger partial charge in [0.1, 0.15) is 0 Å². The lowest BCUT2D eigenvalue weighted by molar-refractivity contribution is 0.211. The molecule has 1 unspecified atom stereocenters. The topological polar surface area (TPSA) is 58.3 Å². The summed E-state index contributed by atoms with van der Waals surface area (Å²) in [6.45, 7) is 8.55. The van der Waals surface area contributed by atoms with Crippen LogP contribution < -0.4 is 11.1 Å². The number of anilines is 2. The number of halogens is 1. The maximum absolute atomic E-state index is 9.48. The molecule has 4 N–H and O–H groups in total. The molecular formula is C13H21ClN2O. The van der Waals surface area contributed by atoms with Crippen molar-refractivity contribution in [1.82, 2.24) is 0 Å². The molecule has 96 valence electrons. The lowest BCUT2D eigenvalue weighted by Crippen LogP contribution is -2.22. The normalized spacial score (nSPS) is 12.6. The van der Waals surface area contributed by atoms with Gasteiger partial charge in [0.05, 0.1) is 12.0 Å². The highest BCUT2D eigenvalue weighted by Crippen LogP contribution is 2.32. The zero-order valence-corrected chi connectivity index (χ0v) is 11.7. The number of nitrogen functional groups attached to an aromatic ring is 1. The van der Waals surface area contributed by atoms with Gasteiger partial charge in [-0.3, -0.25) is 0 Å². The Morgan fingerprint density at radius 1 is 1.12 bits per heavy atom. The molecule has 0 amide bonds. The molecule has 4 heteroatoms. The van der Waals surface area contributed by atoms with Gasteiger partial charge in [-0.1, -0.05) is 0 Å². The summed E-state index contributed by atoms with van der Waals surface area (Å²) >= 11 is 5.58. The number of rotatable bonds is 4. The van der Waals surface area contributed by atoms with Crippen LogP contribution in [0.3, 0.4) is 0 Å². The standard InChI is InChI=1S/C13H21ClN2O/c1-7-9(3)13(16-6-11(17)5-14)10(4)8(2)12(7)15/h11,16-17H,5-6,15H2,1-4H3. The predicted octanol–water partition coefficient (Wildman–Crippen LogP) is 2.51. The van der Waals surface area contributed by atoms with Crippen LogP contribution in [0.2, 0.25) is 0 Å². The predicted molar refractivity (Wildman–Crippen MR) is 75.0 cm³/mol. The van der Waals surface area contributed by atoms with Gasteiger partial charge < -0.3 is 16.2 Å². The van der Waals surface area contributed by atoms with Crippen molar-refractivity contribution in [2.75, 3.05) is 23.5 Å². The van der Waals surface area contributed by atoms with Crippen molar-refractivity contribution in [1.29, 1.82) is 0 Å². The van der Waals surface area contributed by atoms with Crippen molar-refractivity contribution < 1.29 is 5.11 Å². The Kier molecular flexibility index (Phi) is 4.66. The summed E-state index contributed by atoms with van der Waals surface area (Å²) in [7, 11) is 0. The Morgan fingerprint density at radius 3 is 2.00 bits per heavy atom. The van der Waals surface area contributed by atoms with E-state index in [1.54, 1.807) is 0 Å². The number of aliphatic hydroxyl groups excluding tert-OH is 1. The molecule has 0 heterocycles. The summed E-state index contributed by atoms with van der Waals surface area (Å²) in [4.78, 5) is 0. The van der Waals surface area contributed by atoms with Crippen LogP contribution in [0, 0.1) is 27.7 Å². The molecule has 17 heavy (non-hydrogen) atoms. The molecule has 0 spiro atoms. The molecule has 0 saturated heterocycles. The molecule has 1 aromatic rings. The second-order valence-corrected chi connectivity index (χ2v) is 4.79. The highest BCUT2D eigenvalue weighted by atomic mass is 35.5. The van der Waals surface area contributed by atoms with E-state index >= 15 is 0 Å². The van der Waals surface area contributed by atoms with Crippen molar-refractivity contribution in [3.63, 3.8) is 0 Å². The van der Waals surface area contributed by atoms with E-state index in [1.807, 2.05) is 27.7 Å². The lowest BCUT2D eigenvalue weighted by atomic mass is 9.96. The molecule has 0 fully saturated rings. The second-order valence-electron chi connectivity index (χ2n) is 4.48. The van der Waals surface area contributed by atoms with E-state index < -0.39 is 6.10 Å². The minimum Gasteiger partial charge on any atom is -0.398 e. The van der Waals surface area contributed by atoms with Gasteiger partial charge in [-0.05, 0) is 49.9 Å². The van der Waals surface area contributed by atoms with Crippen LogP contribution in [-0.4, -0.2) is 23.6 Å². The lowest BCUT2D eigenvalue weighted by Gasteiger charge is -2.20. The van der Waals surface area contributed by atoms with Crippen molar-refractivity contribution in [3.05, 3.63) is 22.3 Å². The third-order valence-corrected chi connectivity index (χ3v) is 3.73. The first-order valence-electron chi connectivity index (χ1n) is 5.73. The quantitative estimate of drug-likeness (QED) is 0.573. The van der Waals surface area contributed by atoms with Gasteiger partial charge in [0, 0.05) is 17.9 Å². The Balaban J connectivity index is 3.07. The fourth-order valence-electron chi connectivity index (χ4n) is 1.88. The summed E-state index contributed by atoms with van der Waals surface area (Å²) in [5, 5.41) is 12.7. The van der Waals surface area contributed by atoms with E-state index in [4.69, 9.17) is 17.3 Å². The van der Waals surface area contributed by atoms with E-state index in [9.17, 15) is 5.11 Å². The Hall–Kier alpha value is -0.930. The third-order valence-electron chi connectivity index (χ3n) is 3.38. The minimum absolute atomic E-state index is 0.234. The van der Waals surface area contributed by atoms with Gasteiger partial charge in [0.25, 0.3) is 0 Å². The van der Waals surface area contributed by atoms with E-state index in [2.05, 4.69) is 5.32 Å². The van der Waals surface area contributed by atoms with Crippen LogP contribution in [0.5, 0.6) is 0 Å². The molecule has 1 atom stereocenters. The SMILES string of the molecule is Cc1c(C)c(NCC(O)CCl)c(C)c(C)c1N. The molecule has 0 aliphatic carbocycles. The molecule has 3 nitrogen and oxygen atoms in total. The largest absolute Gasteiger partial charge is 0.398 e. The molecule has 1 aromatic carbocycles. The maximum atomic E-state index is 9.48. The molecular weight excluding hydrogens is 236 g/mol. The number of aliphatic hydroxyl groups is 1. The smallest absolute Gasteiger partial charge is 0.0847 e. The van der Waals surface area contributed by atoms with Crippen molar-refractivity contribution in [2.24, 2.45) is 0 Å². The summed E-state index contributed by atoms with van der Waals surface area (Å²) in [5.41, 5.74) is 12.4. The monoisotopic (exact) mass is 256 g/mol. The highest BCUT2D eigenvalue weighted by molar-refractivity contribution is 6.18. The third kappa shape index (κ3) is 2.85. The molecule has 0 aliphatic rings. The molecule has 0 aromatic heterocycles. The highest BCUT2D eigenvalue weighted by Gasteiger charge is 2.13. The molecule has 0 saturated carbocycles. The first kappa shape index (κ1) is 14.1. The number of alkyl halides is 1. The average molecular weight is 257 g/mol. The van der Waals surface area contributed by atoms with Crippen LogP contribution in [0.4, 0.5) is 11.4 Å². The van der Waals surface area contributed by atoms with Crippen molar-refractivity contribution in [3.8, 4) is 0 Å². The Morgan fingerprint density at radius 2 is 1.59 bits per heavy atom. The second kappa shape index (κ2) is 5.61.